The van der Waals surface area contributed by atoms with Crippen molar-refractivity contribution in [2.75, 3.05) is 7.11 Å². The van der Waals surface area contributed by atoms with E-state index in [1.165, 1.54) is 5.56 Å². The van der Waals surface area contributed by atoms with Gasteiger partial charge in [0.2, 0.25) is 0 Å². The summed E-state index contributed by atoms with van der Waals surface area (Å²) >= 11 is 3.50. The number of H-pyrrole nitrogens is 1. The Morgan fingerprint density at radius 2 is 2.04 bits per heavy atom. The maximum absolute atomic E-state index is 11.5. The van der Waals surface area contributed by atoms with Crippen LogP contribution in [0.4, 0.5) is 0 Å². The van der Waals surface area contributed by atoms with Gasteiger partial charge in [-0.3, -0.25) is 4.79 Å². The predicted molar refractivity (Wildman–Crippen MR) is 108 cm³/mol. The van der Waals surface area contributed by atoms with Gasteiger partial charge >= 0.3 is 5.97 Å². The maximum Gasteiger partial charge on any atom is 0.307 e. The van der Waals surface area contributed by atoms with Gasteiger partial charge in [0, 0.05) is 20.9 Å². The summed E-state index contributed by atoms with van der Waals surface area (Å²) in [5.41, 5.74) is 4.62. The number of aromatic amines is 1. The standard InChI is InChI=1S/C21H22BrNO3/c1-3-4-5-13-6-8-18-15(10-13)16(12-20(24)25)21(23-18)17-11-14(22)7-9-19(17)26-2/h6-11,23H,3-5,12H2,1-2H3,(H,24,25). The number of hydrogen-bond donors (Lipinski definition) is 2. The second-order valence-corrected chi connectivity index (χ2v) is 7.29. The Morgan fingerprint density at radius 1 is 1.23 bits per heavy atom. The van der Waals surface area contributed by atoms with E-state index in [0.29, 0.717) is 5.75 Å². The van der Waals surface area contributed by atoms with E-state index in [1.54, 1.807) is 7.11 Å². The molecule has 0 spiro atoms. The van der Waals surface area contributed by atoms with Crippen LogP contribution >= 0.6 is 15.9 Å². The lowest BCUT2D eigenvalue weighted by Gasteiger charge is -2.10. The van der Waals surface area contributed by atoms with Gasteiger partial charge in [0.25, 0.3) is 0 Å². The normalized spacial score (nSPS) is 11.0. The van der Waals surface area contributed by atoms with Gasteiger partial charge in [-0.25, -0.2) is 0 Å². The molecule has 2 N–H and O–H groups in total. The lowest BCUT2D eigenvalue weighted by molar-refractivity contribution is -0.136. The smallest absolute Gasteiger partial charge is 0.307 e. The van der Waals surface area contributed by atoms with Gasteiger partial charge in [-0.1, -0.05) is 35.3 Å². The number of nitrogens with one attached hydrogen (secondary N) is 1. The van der Waals surface area contributed by atoms with E-state index in [4.69, 9.17) is 4.74 Å². The van der Waals surface area contributed by atoms with E-state index in [0.717, 1.165) is 51.5 Å². The number of aromatic nitrogens is 1. The highest BCUT2D eigenvalue weighted by Gasteiger charge is 2.19. The van der Waals surface area contributed by atoms with Crippen LogP contribution in [-0.2, 0) is 17.6 Å². The van der Waals surface area contributed by atoms with Crippen LogP contribution in [0.1, 0.15) is 30.9 Å². The summed E-state index contributed by atoms with van der Waals surface area (Å²) in [6, 6.07) is 12.0. The molecule has 3 rings (SSSR count). The summed E-state index contributed by atoms with van der Waals surface area (Å²) < 4.78 is 6.41. The van der Waals surface area contributed by atoms with E-state index in [2.05, 4.69) is 40.0 Å². The number of unbranched alkanes of at least 4 members (excludes halogenated alkanes) is 1. The molecule has 0 saturated carbocycles. The summed E-state index contributed by atoms with van der Waals surface area (Å²) in [6.45, 7) is 2.17. The first-order chi connectivity index (χ1) is 12.5. The third kappa shape index (κ3) is 3.78. The highest BCUT2D eigenvalue weighted by atomic mass is 79.9. The first kappa shape index (κ1) is 18.5. The molecule has 0 fully saturated rings. The number of hydrogen-bond acceptors (Lipinski definition) is 2. The molecule has 3 aromatic rings. The molecule has 4 nitrogen and oxygen atoms in total. The number of aryl methyl sites for hydroxylation is 1. The first-order valence-corrected chi connectivity index (χ1v) is 9.52. The van der Waals surface area contributed by atoms with Crippen molar-refractivity contribution in [2.24, 2.45) is 0 Å². The highest BCUT2D eigenvalue weighted by molar-refractivity contribution is 9.10. The Kier molecular flexibility index (Phi) is 5.67. The van der Waals surface area contributed by atoms with Gasteiger partial charge in [-0.05, 0) is 54.3 Å². The van der Waals surface area contributed by atoms with Crippen LogP contribution in [0.3, 0.4) is 0 Å². The summed E-state index contributed by atoms with van der Waals surface area (Å²) in [6.07, 6.45) is 3.21. The highest BCUT2D eigenvalue weighted by Crippen LogP contribution is 2.38. The lowest BCUT2D eigenvalue weighted by Crippen LogP contribution is -2.01. The summed E-state index contributed by atoms with van der Waals surface area (Å²) in [5, 5.41) is 10.4. The van der Waals surface area contributed by atoms with E-state index in [-0.39, 0.29) is 6.42 Å². The number of carboxylic acids is 1. The van der Waals surface area contributed by atoms with Crippen LogP contribution in [0.2, 0.25) is 0 Å². The Hall–Kier alpha value is -2.27. The number of halogens is 1. The van der Waals surface area contributed by atoms with Gasteiger partial charge in [0.1, 0.15) is 5.75 Å². The van der Waals surface area contributed by atoms with Crippen LogP contribution < -0.4 is 4.74 Å². The topological polar surface area (TPSA) is 62.3 Å². The minimum Gasteiger partial charge on any atom is -0.496 e. The quantitative estimate of drug-likeness (QED) is 0.529. The molecule has 0 saturated heterocycles. The molecule has 0 aliphatic heterocycles. The average Bonchev–Trinajstić information content (AvgIpc) is 2.97. The largest absolute Gasteiger partial charge is 0.496 e. The van der Waals surface area contributed by atoms with Gasteiger partial charge in [0.15, 0.2) is 0 Å². The molecule has 0 aliphatic carbocycles. The molecule has 0 unspecified atom stereocenters. The zero-order valence-electron chi connectivity index (χ0n) is 14.9. The molecule has 1 heterocycles. The average molecular weight is 416 g/mol. The number of benzene rings is 2. The fraction of sp³-hybridized carbons (Fsp3) is 0.286. The summed E-state index contributed by atoms with van der Waals surface area (Å²) in [7, 11) is 1.62. The van der Waals surface area contributed by atoms with Crippen molar-refractivity contribution in [1.29, 1.82) is 0 Å². The molecule has 2 aromatic carbocycles. The minimum absolute atomic E-state index is 0.0395. The molecular formula is C21H22BrNO3. The third-order valence-electron chi connectivity index (χ3n) is 4.55. The van der Waals surface area contributed by atoms with Crippen molar-refractivity contribution in [2.45, 2.75) is 32.6 Å². The third-order valence-corrected chi connectivity index (χ3v) is 5.04. The number of carboxylic acid groups (broad SMARTS) is 1. The molecule has 0 amide bonds. The molecule has 0 atom stereocenters. The minimum atomic E-state index is -0.847. The van der Waals surface area contributed by atoms with Crippen LogP contribution in [0, 0.1) is 0 Å². The van der Waals surface area contributed by atoms with Crippen molar-refractivity contribution in [1.82, 2.24) is 4.98 Å². The zero-order valence-corrected chi connectivity index (χ0v) is 16.5. The maximum atomic E-state index is 11.5. The van der Waals surface area contributed by atoms with Crippen molar-refractivity contribution in [3.8, 4) is 17.0 Å². The summed E-state index contributed by atoms with van der Waals surface area (Å²) in [5.74, 6) is -0.141. The van der Waals surface area contributed by atoms with Crippen molar-refractivity contribution >= 4 is 32.8 Å². The Morgan fingerprint density at radius 3 is 2.73 bits per heavy atom. The molecular weight excluding hydrogens is 394 g/mol. The van der Waals surface area contributed by atoms with Gasteiger partial charge in [-0.2, -0.15) is 0 Å². The Bertz CT molecular complexity index is 946. The van der Waals surface area contributed by atoms with Crippen molar-refractivity contribution in [3.63, 3.8) is 0 Å². The van der Waals surface area contributed by atoms with E-state index in [9.17, 15) is 9.90 Å². The number of carbonyl (C=O) groups is 1. The molecule has 5 heteroatoms. The predicted octanol–water partition coefficient (Wildman–Crippen LogP) is 5.58. The van der Waals surface area contributed by atoms with Gasteiger partial charge in [0.05, 0.1) is 19.2 Å². The second-order valence-electron chi connectivity index (χ2n) is 6.38. The van der Waals surface area contributed by atoms with Crippen molar-refractivity contribution < 1.29 is 14.6 Å². The van der Waals surface area contributed by atoms with Crippen LogP contribution in [0.15, 0.2) is 40.9 Å². The monoisotopic (exact) mass is 415 g/mol. The molecule has 0 radical (unpaired) electrons. The number of rotatable bonds is 7. The lowest BCUT2D eigenvalue weighted by atomic mass is 9.99. The van der Waals surface area contributed by atoms with Crippen LogP contribution in [0.5, 0.6) is 5.75 Å². The molecule has 1 aromatic heterocycles. The second kappa shape index (κ2) is 7.96. The van der Waals surface area contributed by atoms with Crippen molar-refractivity contribution in [3.05, 3.63) is 52.0 Å². The zero-order chi connectivity index (χ0) is 18.7. The van der Waals surface area contributed by atoms with Gasteiger partial charge in [-0.15, -0.1) is 0 Å². The fourth-order valence-corrected chi connectivity index (χ4v) is 3.63. The van der Waals surface area contributed by atoms with Crippen LogP contribution in [0.25, 0.3) is 22.2 Å². The number of ether oxygens (including phenoxy) is 1. The fourth-order valence-electron chi connectivity index (χ4n) is 3.27. The Balaban J connectivity index is 2.21. The molecule has 136 valence electrons. The van der Waals surface area contributed by atoms with Gasteiger partial charge < -0.3 is 14.8 Å². The van der Waals surface area contributed by atoms with E-state index >= 15 is 0 Å². The van der Waals surface area contributed by atoms with E-state index in [1.807, 2.05) is 24.3 Å². The molecule has 26 heavy (non-hydrogen) atoms. The summed E-state index contributed by atoms with van der Waals surface area (Å²) in [4.78, 5) is 14.9. The molecule has 0 bridgehead atoms. The molecule has 0 aliphatic rings. The van der Waals surface area contributed by atoms with Crippen LogP contribution in [-0.4, -0.2) is 23.2 Å². The number of methoxy groups -OCH3 is 1. The first-order valence-electron chi connectivity index (χ1n) is 8.72. The number of fused-ring (bicyclic) bond motifs is 1. The van der Waals surface area contributed by atoms with E-state index < -0.39 is 5.97 Å². The SMILES string of the molecule is CCCCc1ccc2[nH]c(-c3cc(Br)ccc3OC)c(CC(=O)O)c2c1. The number of aliphatic carboxylic acids is 1. The Labute approximate surface area is 161 Å².